The molecule has 30 aliphatic rings. The van der Waals surface area contributed by atoms with Crippen LogP contribution in [0.15, 0.2) is 0 Å². The maximum Gasteiger partial charge on any atom is 0.187 e. The standard InChI is InChI=1S/C48H80O40/c49-1-9-33-17(57)25(65)41(73-9)82-34-10(2-50)75-43(27(67)19(34)59)84-36-12(4-52)77-45(29(69)21(36)61)86-38-14(6-54)79-47(31(71)23(38)63)88-40-16(8-56)80-48(32(72)24(40)64)87-39-15(7-55)78-46(30(70)22(39)62)85-37-13(5-53)76-44(28(68)20(37)60)83-35-11(3-51)74-42(81-33)26(66)18(35)58/h9-72H,1-8H2/t9-,10-,11-,12-,13-,14-,15-,16?,17-,18-,19-,20-,21-,22-,23-,24-,25-,26-,27-,28-,29-,30-,31-,32-,33-,34-,35-,36-,37-,38-,39-,40-,41-,42-,43-,44-,45-,46-,47-,48-/m1/s1. The summed E-state index contributed by atoms with van der Waals surface area (Å²) in [6, 6.07) is 0. The monoisotopic (exact) mass is 1300 g/mol. The van der Waals surface area contributed by atoms with Crippen molar-refractivity contribution in [1.82, 2.24) is 0 Å². The minimum atomic E-state index is -2.25. The second-order valence-electron chi connectivity index (χ2n) is 22.5. The maximum atomic E-state index is 11.4. The zero-order chi connectivity index (χ0) is 64.1. The highest BCUT2D eigenvalue weighted by molar-refractivity contribution is 5.02. The van der Waals surface area contributed by atoms with Crippen LogP contribution in [-0.2, 0) is 75.8 Å². The van der Waals surface area contributed by atoms with Gasteiger partial charge in [-0.2, -0.15) is 0 Å². The lowest BCUT2D eigenvalue weighted by Crippen LogP contribution is -2.69. The summed E-state index contributed by atoms with van der Waals surface area (Å²) >= 11 is 0. The van der Waals surface area contributed by atoms with Crippen molar-refractivity contribution in [3.05, 3.63) is 0 Å². The average Bonchev–Trinajstić information content (AvgIpc) is 1.09. The van der Waals surface area contributed by atoms with Gasteiger partial charge in [-0.15, -0.1) is 0 Å². The van der Waals surface area contributed by atoms with Crippen molar-refractivity contribution in [2.24, 2.45) is 0 Å². The fourth-order valence-corrected chi connectivity index (χ4v) is 11.9. The molecule has 30 saturated heterocycles. The summed E-state index contributed by atoms with van der Waals surface area (Å²) in [5, 5.41) is 265. The van der Waals surface area contributed by atoms with Crippen LogP contribution in [0.5, 0.6) is 0 Å². The first-order valence-corrected chi connectivity index (χ1v) is 28.1. The van der Waals surface area contributed by atoms with Crippen molar-refractivity contribution >= 4 is 0 Å². The van der Waals surface area contributed by atoms with Crippen LogP contribution in [0.25, 0.3) is 0 Å². The summed E-state index contributed by atoms with van der Waals surface area (Å²) in [5.41, 5.74) is 0. The van der Waals surface area contributed by atoms with Gasteiger partial charge >= 0.3 is 0 Å². The topological polar surface area (TPSA) is 633 Å². The van der Waals surface area contributed by atoms with Crippen molar-refractivity contribution in [3.63, 3.8) is 0 Å². The van der Waals surface area contributed by atoms with Gasteiger partial charge in [0.1, 0.15) is 195 Å². The quantitative estimate of drug-likeness (QED) is 0.107. The average molecular weight is 1300 g/mol. The molecule has 1 unspecified atom stereocenters. The van der Waals surface area contributed by atoms with E-state index < -0.39 is 299 Å². The van der Waals surface area contributed by atoms with E-state index in [2.05, 4.69) is 0 Å². The van der Waals surface area contributed by atoms with Gasteiger partial charge in [-0.1, -0.05) is 0 Å². The Labute approximate surface area is 496 Å². The molecule has 0 aromatic rings. The number of aliphatic hydroxyl groups is 24. The second kappa shape index (κ2) is 30.0. The minimum Gasteiger partial charge on any atom is -0.394 e. The Morgan fingerprint density at radius 2 is 0.227 bits per heavy atom. The second-order valence-corrected chi connectivity index (χ2v) is 22.5. The molecule has 0 aliphatic carbocycles. The van der Waals surface area contributed by atoms with Crippen molar-refractivity contribution in [1.29, 1.82) is 0 Å². The molecule has 0 aromatic carbocycles. The predicted molar refractivity (Wildman–Crippen MR) is 261 cm³/mol. The minimum absolute atomic E-state index is 1.08. The van der Waals surface area contributed by atoms with Gasteiger partial charge in [0.25, 0.3) is 0 Å². The predicted octanol–water partition coefficient (Wildman–Crippen LogP) is -17.4. The zero-order valence-electron chi connectivity index (χ0n) is 46.0. The summed E-state index contributed by atoms with van der Waals surface area (Å²) in [4.78, 5) is 0. The van der Waals surface area contributed by atoms with Crippen molar-refractivity contribution in [2.45, 2.75) is 246 Å². The molecule has 40 nitrogen and oxygen atoms in total. The highest BCUT2D eigenvalue weighted by atomic mass is 16.8. The molecule has 0 amide bonds. The Bertz CT molecular complexity index is 1700. The van der Waals surface area contributed by atoms with Gasteiger partial charge in [0.15, 0.2) is 50.3 Å². The summed E-state index contributed by atoms with van der Waals surface area (Å²) in [6.45, 7) is -8.64. The lowest BCUT2D eigenvalue weighted by molar-refractivity contribution is -0.404. The van der Waals surface area contributed by atoms with Crippen LogP contribution in [0.4, 0.5) is 0 Å². The molecule has 30 fully saturated rings. The molecule has 30 heterocycles. The Balaban J connectivity index is 0.975. The molecule has 30 rings (SSSR count). The first-order valence-electron chi connectivity index (χ1n) is 28.1. The molecular formula is C48H80O40. The van der Waals surface area contributed by atoms with Gasteiger partial charge in [-0.05, 0) is 0 Å². The van der Waals surface area contributed by atoms with E-state index in [4.69, 9.17) is 75.8 Å². The smallest absolute Gasteiger partial charge is 0.187 e. The molecule has 0 aromatic heterocycles. The van der Waals surface area contributed by atoms with Crippen molar-refractivity contribution in [3.8, 4) is 0 Å². The summed E-state index contributed by atoms with van der Waals surface area (Å²) < 4.78 is 91.1. The first-order chi connectivity index (χ1) is 41.9. The van der Waals surface area contributed by atoms with E-state index in [1.165, 1.54) is 0 Å². The molecule has 0 radical (unpaired) electrons. The van der Waals surface area contributed by atoms with E-state index in [0.717, 1.165) is 0 Å². The lowest BCUT2D eigenvalue weighted by Gasteiger charge is -2.50. The molecule has 30 aliphatic heterocycles. The number of hydrogen-bond acceptors (Lipinski definition) is 40. The first kappa shape index (κ1) is 70.7. The Morgan fingerprint density at radius 3 is 0.307 bits per heavy atom. The van der Waals surface area contributed by atoms with Gasteiger partial charge < -0.3 is 198 Å². The molecule has 40 heteroatoms. The van der Waals surface area contributed by atoms with Crippen LogP contribution < -0.4 is 0 Å². The fourth-order valence-electron chi connectivity index (χ4n) is 11.9. The SMILES string of the molecule is OCC1O[C@@H]2O[C@H]3[C@H](O)[C@@H](O)[C@@H](O[C@H]4[C@H](O)[C@@H](O)[C@@H](O[C@H]5[C@H](O)[C@@H](O)[C@@H](O[C@H]6[C@H](O)[C@@H](O)[C@@H](O[C@H]7[C@H](O)[C@@H](O)[C@@H](O[C@H]8[C@H](O)[C@@H](O)[C@@H](O[C@H]9[C@H](O)[C@@H](O)[C@@H](O[C@H]1[C@H](O)[C@H]2O)O[C@@H]9CO)O[C@@H]8CO)O[C@@H]7CO)O[C@@H]6CO)O[C@@H]5CO)O[C@@H]4CO)O[C@@H]3CO. The molecule has 16 bridgehead atoms. The normalized spacial score (nSPS) is 55.4. The Hall–Kier alpha value is -1.60. The van der Waals surface area contributed by atoms with Crippen LogP contribution >= 0.6 is 0 Å². The van der Waals surface area contributed by atoms with Crippen LogP contribution in [0.1, 0.15) is 0 Å². The van der Waals surface area contributed by atoms with Crippen molar-refractivity contribution < 1.29 is 198 Å². The Morgan fingerprint density at radius 1 is 0.136 bits per heavy atom. The van der Waals surface area contributed by atoms with Gasteiger partial charge in [-0.25, -0.2) is 0 Å². The molecule has 0 spiro atoms. The third-order valence-corrected chi connectivity index (χ3v) is 16.9. The number of ether oxygens (including phenoxy) is 16. The highest BCUT2D eigenvalue weighted by Gasteiger charge is 2.60. The van der Waals surface area contributed by atoms with Gasteiger partial charge in [0.2, 0.25) is 0 Å². The fraction of sp³-hybridized carbons (Fsp3) is 1.00. The van der Waals surface area contributed by atoms with Gasteiger partial charge in [0.05, 0.1) is 52.9 Å². The van der Waals surface area contributed by atoms with E-state index in [1.807, 2.05) is 0 Å². The van der Waals surface area contributed by atoms with E-state index in [9.17, 15) is 123 Å². The molecular weight excluding hydrogens is 1220 g/mol. The molecule has 512 valence electrons. The van der Waals surface area contributed by atoms with E-state index in [0.29, 0.717) is 0 Å². The number of rotatable bonds is 8. The highest BCUT2D eigenvalue weighted by Crippen LogP contribution is 2.40. The maximum absolute atomic E-state index is 11.4. The Kier molecular flexibility index (Phi) is 24.1. The largest absolute Gasteiger partial charge is 0.394 e. The van der Waals surface area contributed by atoms with Crippen LogP contribution in [0.3, 0.4) is 0 Å². The van der Waals surface area contributed by atoms with Crippen molar-refractivity contribution in [2.75, 3.05) is 52.9 Å². The van der Waals surface area contributed by atoms with Crippen LogP contribution in [0, 0.1) is 0 Å². The van der Waals surface area contributed by atoms with Crippen LogP contribution in [-0.4, -0.2) is 421 Å². The van der Waals surface area contributed by atoms with Crippen LogP contribution in [0.2, 0.25) is 0 Å². The molecule has 0 saturated carbocycles. The van der Waals surface area contributed by atoms with Gasteiger partial charge in [-0.3, -0.25) is 0 Å². The number of hydrogen-bond donors (Lipinski definition) is 24. The third kappa shape index (κ3) is 13.8. The van der Waals surface area contributed by atoms with Gasteiger partial charge in [0, 0.05) is 0 Å². The van der Waals surface area contributed by atoms with E-state index in [1.54, 1.807) is 0 Å². The third-order valence-electron chi connectivity index (χ3n) is 16.9. The zero-order valence-corrected chi connectivity index (χ0v) is 46.0. The summed E-state index contributed by atoms with van der Waals surface area (Å²) in [5.74, 6) is 0. The molecule has 88 heavy (non-hydrogen) atoms. The summed E-state index contributed by atoms with van der Waals surface area (Å²) in [6.07, 6.45) is -82.0. The lowest BCUT2D eigenvalue weighted by atomic mass is 9.94. The molecule has 40 atom stereocenters. The molecule has 24 N–H and O–H groups in total. The van der Waals surface area contributed by atoms with E-state index >= 15 is 0 Å². The summed E-state index contributed by atoms with van der Waals surface area (Å²) in [7, 11) is 0. The number of aliphatic hydroxyl groups excluding tert-OH is 24. The van der Waals surface area contributed by atoms with E-state index in [-0.39, 0.29) is 0 Å².